The smallest absolute Gasteiger partial charge is 0.0766 e. The molecule has 0 atom stereocenters. The fourth-order valence-corrected chi connectivity index (χ4v) is 3.62. The summed E-state index contributed by atoms with van der Waals surface area (Å²) in [5.41, 5.74) is 8.60. The minimum atomic E-state index is -0.484. The van der Waals surface area contributed by atoms with Crippen molar-refractivity contribution in [3.05, 3.63) is 65.0 Å². The van der Waals surface area contributed by atoms with E-state index in [9.17, 15) is 5.26 Å². The summed E-state index contributed by atoms with van der Waals surface area (Å²) in [6.45, 7) is 10.2. The minimum absolute atomic E-state index is 0.484. The fourth-order valence-electron chi connectivity index (χ4n) is 3.62. The maximum Gasteiger partial charge on any atom is 0.0766 e. The number of aromatic nitrogens is 2. The van der Waals surface area contributed by atoms with E-state index in [0.717, 1.165) is 28.3 Å². The molecule has 0 fully saturated rings. The van der Waals surface area contributed by atoms with E-state index in [2.05, 4.69) is 74.2 Å². The van der Waals surface area contributed by atoms with Gasteiger partial charge < -0.3 is 4.90 Å². The summed E-state index contributed by atoms with van der Waals surface area (Å²) in [4.78, 5) is 2.20. The van der Waals surface area contributed by atoms with Crippen molar-refractivity contribution in [1.29, 1.82) is 5.26 Å². The van der Waals surface area contributed by atoms with Crippen LogP contribution < -0.4 is 4.90 Å². The van der Waals surface area contributed by atoms with Crippen LogP contribution in [0.1, 0.15) is 36.4 Å². The van der Waals surface area contributed by atoms with Gasteiger partial charge in [-0.1, -0.05) is 24.3 Å². The number of aryl methyl sites for hydroxylation is 3. The molecule has 4 nitrogen and oxygen atoms in total. The molecule has 1 aromatic heterocycles. The summed E-state index contributed by atoms with van der Waals surface area (Å²) < 4.78 is 1.93. The molecule has 144 valence electrons. The van der Waals surface area contributed by atoms with Crippen molar-refractivity contribution in [2.24, 2.45) is 7.05 Å². The number of hydrogen-bond acceptors (Lipinski definition) is 3. The molecule has 3 aromatic rings. The van der Waals surface area contributed by atoms with Crippen molar-refractivity contribution in [1.82, 2.24) is 9.78 Å². The molecule has 28 heavy (non-hydrogen) atoms. The molecule has 2 aromatic carbocycles. The summed E-state index contributed by atoms with van der Waals surface area (Å²) >= 11 is 0. The number of nitrogens with zero attached hydrogens (tertiary/aromatic N) is 4. The van der Waals surface area contributed by atoms with Crippen molar-refractivity contribution < 1.29 is 0 Å². The number of rotatable bonds is 4. The normalized spacial score (nSPS) is 11.4. The lowest BCUT2D eigenvalue weighted by Gasteiger charge is -2.24. The number of anilines is 2. The van der Waals surface area contributed by atoms with Gasteiger partial charge in [-0.2, -0.15) is 10.4 Å². The summed E-state index contributed by atoms with van der Waals surface area (Å²) in [5.74, 6) is 0. The standard InChI is InChI=1S/C24H28N4/c1-16-8-9-19(23-17(2)26-28(7)18(23)3)14-22(16)27(6)21-12-10-20(11-13-21)24(4,5)15-25/h8-14H,1-7H3. The third-order valence-corrected chi connectivity index (χ3v) is 5.62. The van der Waals surface area contributed by atoms with Gasteiger partial charge in [-0.15, -0.1) is 0 Å². The van der Waals surface area contributed by atoms with Crippen LogP contribution >= 0.6 is 0 Å². The molecule has 0 spiro atoms. The van der Waals surface area contributed by atoms with E-state index in [1.807, 2.05) is 37.7 Å². The Morgan fingerprint density at radius 3 is 2.21 bits per heavy atom. The molecule has 0 aliphatic carbocycles. The summed E-state index contributed by atoms with van der Waals surface area (Å²) in [5, 5.41) is 13.9. The zero-order valence-electron chi connectivity index (χ0n) is 17.8. The molecule has 4 heteroatoms. The van der Waals surface area contributed by atoms with Crippen molar-refractivity contribution in [2.45, 2.75) is 40.0 Å². The van der Waals surface area contributed by atoms with Crippen LogP contribution in [0.5, 0.6) is 0 Å². The van der Waals surface area contributed by atoms with E-state index in [4.69, 9.17) is 0 Å². The van der Waals surface area contributed by atoms with Crippen molar-refractivity contribution >= 4 is 11.4 Å². The van der Waals surface area contributed by atoms with Gasteiger partial charge in [0.25, 0.3) is 0 Å². The highest BCUT2D eigenvalue weighted by Crippen LogP contribution is 2.34. The lowest BCUT2D eigenvalue weighted by atomic mass is 9.86. The Bertz CT molecular complexity index is 1050. The van der Waals surface area contributed by atoms with Crippen molar-refractivity contribution in [3.63, 3.8) is 0 Å². The van der Waals surface area contributed by atoms with Crippen LogP contribution in [0.15, 0.2) is 42.5 Å². The van der Waals surface area contributed by atoms with Gasteiger partial charge >= 0.3 is 0 Å². The lowest BCUT2D eigenvalue weighted by Crippen LogP contribution is -2.15. The molecule has 3 rings (SSSR count). The second-order valence-electron chi connectivity index (χ2n) is 8.01. The van der Waals surface area contributed by atoms with Crippen LogP contribution in [0, 0.1) is 32.1 Å². The first kappa shape index (κ1) is 19.7. The maximum atomic E-state index is 9.36. The zero-order chi connectivity index (χ0) is 20.6. The van der Waals surface area contributed by atoms with E-state index in [1.54, 1.807) is 0 Å². The van der Waals surface area contributed by atoms with E-state index >= 15 is 0 Å². The van der Waals surface area contributed by atoms with Crippen LogP contribution in [-0.2, 0) is 12.5 Å². The lowest BCUT2D eigenvalue weighted by molar-refractivity contribution is 0.687. The highest BCUT2D eigenvalue weighted by molar-refractivity contribution is 5.76. The van der Waals surface area contributed by atoms with Gasteiger partial charge in [-0.3, -0.25) is 4.68 Å². The van der Waals surface area contributed by atoms with Crippen LogP contribution in [0.2, 0.25) is 0 Å². The zero-order valence-corrected chi connectivity index (χ0v) is 17.8. The summed E-state index contributed by atoms with van der Waals surface area (Å²) in [7, 11) is 4.07. The molecule has 0 aliphatic rings. The predicted octanol–water partition coefficient (Wildman–Crippen LogP) is 5.58. The Morgan fingerprint density at radius 1 is 1.04 bits per heavy atom. The summed E-state index contributed by atoms with van der Waals surface area (Å²) in [6.07, 6.45) is 0. The first-order valence-corrected chi connectivity index (χ1v) is 9.52. The van der Waals surface area contributed by atoms with Crippen molar-refractivity contribution in [3.8, 4) is 17.2 Å². The first-order chi connectivity index (χ1) is 13.2. The van der Waals surface area contributed by atoms with E-state index in [0.29, 0.717) is 0 Å². The second-order valence-corrected chi connectivity index (χ2v) is 8.01. The van der Waals surface area contributed by atoms with Crippen LogP contribution in [0.25, 0.3) is 11.1 Å². The number of hydrogen-bond donors (Lipinski definition) is 0. The Hall–Kier alpha value is -3.06. The molecular weight excluding hydrogens is 344 g/mol. The Balaban J connectivity index is 2.01. The Labute approximate surface area is 168 Å². The average molecular weight is 373 g/mol. The van der Waals surface area contributed by atoms with Gasteiger partial charge in [-0.25, -0.2) is 0 Å². The van der Waals surface area contributed by atoms with Gasteiger partial charge in [0.2, 0.25) is 0 Å². The fraction of sp³-hybridized carbons (Fsp3) is 0.333. The van der Waals surface area contributed by atoms with Gasteiger partial charge in [0.1, 0.15) is 0 Å². The largest absolute Gasteiger partial charge is 0.344 e. The summed E-state index contributed by atoms with van der Waals surface area (Å²) in [6, 6.07) is 17.2. The first-order valence-electron chi connectivity index (χ1n) is 9.52. The average Bonchev–Trinajstić information content (AvgIpc) is 2.93. The minimum Gasteiger partial charge on any atom is -0.344 e. The maximum absolute atomic E-state index is 9.36. The number of benzene rings is 2. The molecule has 0 N–H and O–H groups in total. The second kappa shape index (κ2) is 7.16. The SMILES string of the molecule is Cc1ccc(-c2c(C)nn(C)c2C)cc1N(C)c1ccc(C(C)(C)C#N)cc1. The third-order valence-electron chi connectivity index (χ3n) is 5.62. The predicted molar refractivity (Wildman–Crippen MR) is 116 cm³/mol. The van der Waals surface area contributed by atoms with Crippen LogP contribution in [0.3, 0.4) is 0 Å². The molecule has 0 aliphatic heterocycles. The molecule has 0 bridgehead atoms. The molecule has 1 heterocycles. The highest BCUT2D eigenvalue weighted by atomic mass is 15.3. The molecule has 0 unspecified atom stereocenters. The third kappa shape index (κ3) is 3.41. The van der Waals surface area contributed by atoms with Crippen LogP contribution in [-0.4, -0.2) is 16.8 Å². The Morgan fingerprint density at radius 2 is 1.68 bits per heavy atom. The van der Waals surface area contributed by atoms with Gasteiger partial charge in [-0.05, 0) is 69.5 Å². The number of nitriles is 1. The molecule has 0 amide bonds. The van der Waals surface area contributed by atoms with Gasteiger partial charge in [0.15, 0.2) is 0 Å². The molecular formula is C24H28N4. The van der Waals surface area contributed by atoms with Gasteiger partial charge in [0.05, 0.1) is 17.2 Å². The quantitative estimate of drug-likeness (QED) is 0.600. The molecule has 0 saturated carbocycles. The monoisotopic (exact) mass is 372 g/mol. The highest BCUT2D eigenvalue weighted by Gasteiger charge is 2.20. The van der Waals surface area contributed by atoms with E-state index in [-0.39, 0.29) is 0 Å². The molecule has 0 radical (unpaired) electrons. The molecule has 0 saturated heterocycles. The van der Waals surface area contributed by atoms with E-state index < -0.39 is 5.41 Å². The van der Waals surface area contributed by atoms with Gasteiger partial charge in [0, 0.05) is 36.7 Å². The topological polar surface area (TPSA) is 44.9 Å². The Kier molecular flexibility index (Phi) is 5.04. The van der Waals surface area contributed by atoms with E-state index in [1.165, 1.54) is 16.7 Å². The van der Waals surface area contributed by atoms with Crippen molar-refractivity contribution in [2.75, 3.05) is 11.9 Å². The van der Waals surface area contributed by atoms with Crippen LogP contribution in [0.4, 0.5) is 11.4 Å².